The maximum absolute atomic E-state index is 13.1. The van der Waals surface area contributed by atoms with Gasteiger partial charge in [0.05, 0.1) is 12.0 Å². The summed E-state index contributed by atoms with van der Waals surface area (Å²) in [6.07, 6.45) is 0. The lowest BCUT2D eigenvalue weighted by molar-refractivity contribution is -0.384. The van der Waals surface area contributed by atoms with Gasteiger partial charge in [0.15, 0.2) is 0 Å². The Morgan fingerprint density at radius 1 is 0.885 bits per heavy atom. The molecule has 0 spiro atoms. The van der Waals surface area contributed by atoms with Gasteiger partial charge in [-0.05, 0) is 48.5 Å². The Bertz CT molecular complexity index is 907. The van der Waals surface area contributed by atoms with Crippen LogP contribution in [0.5, 0.6) is 5.75 Å². The number of anilines is 2. The predicted molar refractivity (Wildman–Crippen MR) is 99.0 cm³/mol. The van der Waals surface area contributed by atoms with Crippen molar-refractivity contribution in [2.45, 2.75) is 0 Å². The van der Waals surface area contributed by atoms with E-state index >= 15 is 0 Å². The van der Waals surface area contributed by atoms with Crippen molar-refractivity contribution in [2.24, 2.45) is 0 Å². The van der Waals surface area contributed by atoms with Crippen LogP contribution in [0, 0.1) is 10.1 Å². The second-order valence-electron chi connectivity index (χ2n) is 5.48. The van der Waals surface area contributed by atoms with Crippen LogP contribution in [-0.4, -0.2) is 17.9 Å². The quantitative estimate of drug-likeness (QED) is 0.500. The number of nitro groups is 1. The molecule has 6 nitrogen and oxygen atoms in total. The first kappa shape index (κ1) is 17.2. The predicted octanol–water partition coefficient (Wildman–Crippen LogP) is 4.58. The Kier molecular flexibility index (Phi) is 4.94. The lowest BCUT2D eigenvalue weighted by Gasteiger charge is -2.23. The number of carbonyl (C=O) groups is 1. The fraction of sp³-hybridized carbons (Fsp3) is 0.0500. The molecule has 0 aliphatic carbocycles. The number of rotatable bonds is 5. The third kappa shape index (κ3) is 3.54. The summed E-state index contributed by atoms with van der Waals surface area (Å²) in [6, 6.07) is 21.8. The molecule has 0 fully saturated rings. The first-order valence-corrected chi connectivity index (χ1v) is 7.88. The molecular weight excluding hydrogens is 332 g/mol. The van der Waals surface area contributed by atoms with Crippen LogP contribution in [0.2, 0.25) is 0 Å². The van der Waals surface area contributed by atoms with Crippen LogP contribution in [0.3, 0.4) is 0 Å². The summed E-state index contributed by atoms with van der Waals surface area (Å²) in [6.45, 7) is 0. The first-order chi connectivity index (χ1) is 12.6. The van der Waals surface area contributed by atoms with E-state index in [2.05, 4.69) is 0 Å². The van der Waals surface area contributed by atoms with E-state index in [0.29, 0.717) is 22.7 Å². The maximum Gasteiger partial charge on any atom is 0.269 e. The van der Waals surface area contributed by atoms with Gasteiger partial charge in [-0.3, -0.25) is 19.8 Å². The Hall–Kier alpha value is -3.67. The van der Waals surface area contributed by atoms with E-state index < -0.39 is 4.92 Å². The molecule has 0 heterocycles. The number of nitrogens with zero attached hydrogens (tertiary/aromatic N) is 2. The molecule has 0 aromatic heterocycles. The van der Waals surface area contributed by atoms with Crippen molar-refractivity contribution in [1.82, 2.24) is 0 Å². The highest BCUT2D eigenvalue weighted by molar-refractivity contribution is 6.10. The van der Waals surface area contributed by atoms with E-state index in [4.69, 9.17) is 4.74 Å². The second kappa shape index (κ2) is 7.48. The smallest absolute Gasteiger partial charge is 0.269 e. The molecule has 0 saturated heterocycles. The van der Waals surface area contributed by atoms with E-state index in [1.165, 1.54) is 17.0 Å². The molecule has 0 unspecified atom stereocenters. The summed E-state index contributed by atoms with van der Waals surface area (Å²) >= 11 is 0. The van der Waals surface area contributed by atoms with E-state index in [9.17, 15) is 14.9 Å². The second-order valence-corrected chi connectivity index (χ2v) is 5.48. The molecule has 26 heavy (non-hydrogen) atoms. The SMILES string of the molecule is COc1ccc(N(C(=O)c2ccccc2)c2ccc([N+](=O)[O-])cc2)cc1. The minimum atomic E-state index is -0.472. The zero-order chi connectivity index (χ0) is 18.5. The monoisotopic (exact) mass is 348 g/mol. The standard InChI is InChI=1S/C20H16N2O4/c1-26-19-13-11-17(12-14-19)21(20(23)15-5-3-2-4-6-15)16-7-9-18(10-8-16)22(24)25/h2-14H,1H3. The third-order valence-electron chi connectivity index (χ3n) is 3.87. The molecule has 6 heteroatoms. The van der Waals surface area contributed by atoms with Crippen molar-refractivity contribution in [3.05, 3.63) is 94.5 Å². The van der Waals surface area contributed by atoms with Crippen molar-refractivity contribution in [3.63, 3.8) is 0 Å². The lowest BCUT2D eigenvalue weighted by Crippen LogP contribution is -2.25. The first-order valence-electron chi connectivity index (χ1n) is 7.88. The van der Waals surface area contributed by atoms with Gasteiger partial charge in [0.25, 0.3) is 11.6 Å². The Morgan fingerprint density at radius 2 is 1.42 bits per heavy atom. The van der Waals surface area contributed by atoms with Crippen molar-refractivity contribution in [2.75, 3.05) is 12.0 Å². The Balaban J connectivity index is 2.05. The van der Waals surface area contributed by atoms with E-state index in [-0.39, 0.29) is 11.6 Å². The van der Waals surface area contributed by atoms with Gasteiger partial charge in [-0.15, -0.1) is 0 Å². The zero-order valence-corrected chi connectivity index (χ0v) is 14.0. The molecule has 0 N–H and O–H groups in total. The van der Waals surface area contributed by atoms with Crippen LogP contribution in [0.1, 0.15) is 10.4 Å². The number of non-ortho nitro benzene ring substituents is 1. The fourth-order valence-electron chi connectivity index (χ4n) is 2.55. The van der Waals surface area contributed by atoms with Crippen molar-refractivity contribution >= 4 is 23.0 Å². The molecule has 3 aromatic carbocycles. The summed E-state index contributed by atoms with van der Waals surface area (Å²) in [5.74, 6) is 0.439. The molecule has 0 radical (unpaired) electrons. The molecule has 0 aliphatic heterocycles. The lowest BCUT2D eigenvalue weighted by atomic mass is 10.1. The third-order valence-corrected chi connectivity index (χ3v) is 3.87. The minimum absolute atomic E-state index is 0.0319. The molecule has 0 saturated carbocycles. The van der Waals surface area contributed by atoms with Gasteiger partial charge in [-0.25, -0.2) is 0 Å². The molecule has 3 rings (SSSR count). The number of ether oxygens (including phenoxy) is 1. The molecule has 3 aromatic rings. The highest BCUT2D eigenvalue weighted by atomic mass is 16.6. The van der Waals surface area contributed by atoms with Crippen LogP contribution >= 0.6 is 0 Å². The highest BCUT2D eigenvalue weighted by Gasteiger charge is 2.20. The van der Waals surface area contributed by atoms with Gasteiger partial charge >= 0.3 is 0 Å². The van der Waals surface area contributed by atoms with Crippen LogP contribution in [0.4, 0.5) is 17.1 Å². The Morgan fingerprint density at radius 3 is 1.92 bits per heavy atom. The molecule has 0 aliphatic rings. The minimum Gasteiger partial charge on any atom is -0.497 e. The Labute approximate surface area is 150 Å². The van der Waals surface area contributed by atoms with Crippen LogP contribution < -0.4 is 9.64 Å². The summed E-state index contributed by atoms with van der Waals surface area (Å²) in [4.78, 5) is 25.0. The largest absolute Gasteiger partial charge is 0.497 e. The van der Waals surface area contributed by atoms with Gasteiger partial charge in [0.2, 0.25) is 0 Å². The van der Waals surface area contributed by atoms with Gasteiger partial charge in [-0.1, -0.05) is 18.2 Å². The summed E-state index contributed by atoms with van der Waals surface area (Å²) in [7, 11) is 1.57. The van der Waals surface area contributed by atoms with Crippen molar-refractivity contribution in [1.29, 1.82) is 0 Å². The average Bonchev–Trinajstić information content (AvgIpc) is 2.69. The number of methoxy groups -OCH3 is 1. The summed E-state index contributed by atoms with van der Waals surface area (Å²) < 4.78 is 5.16. The molecule has 130 valence electrons. The highest BCUT2D eigenvalue weighted by Crippen LogP contribution is 2.30. The number of carbonyl (C=O) groups excluding carboxylic acids is 1. The van der Waals surface area contributed by atoms with Gasteiger partial charge in [0, 0.05) is 29.1 Å². The number of benzene rings is 3. The maximum atomic E-state index is 13.1. The number of nitro benzene ring substituents is 1. The zero-order valence-electron chi connectivity index (χ0n) is 14.0. The molecule has 1 amide bonds. The van der Waals surface area contributed by atoms with E-state index in [1.54, 1.807) is 67.8 Å². The fourth-order valence-corrected chi connectivity index (χ4v) is 2.55. The molecule has 0 atom stereocenters. The van der Waals surface area contributed by atoms with Crippen molar-refractivity contribution in [3.8, 4) is 5.75 Å². The number of hydrogen-bond acceptors (Lipinski definition) is 4. The topological polar surface area (TPSA) is 72.7 Å². The van der Waals surface area contributed by atoms with Gasteiger partial charge in [-0.2, -0.15) is 0 Å². The average molecular weight is 348 g/mol. The van der Waals surface area contributed by atoms with Gasteiger partial charge in [0.1, 0.15) is 5.75 Å². The normalized spacial score (nSPS) is 10.2. The van der Waals surface area contributed by atoms with Crippen LogP contribution in [0.25, 0.3) is 0 Å². The molecule has 0 bridgehead atoms. The summed E-state index contributed by atoms with van der Waals surface area (Å²) in [5.41, 5.74) is 1.65. The number of hydrogen-bond donors (Lipinski definition) is 0. The molecular formula is C20H16N2O4. The van der Waals surface area contributed by atoms with Crippen LogP contribution in [-0.2, 0) is 0 Å². The van der Waals surface area contributed by atoms with E-state index in [1.807, 2.05) is 6.07 Å². The van der Waals surface area contributed by atoms with Crippen LogP contribution in [0.15, 0.2) is 78.9 Å². The number of amides is 1. The van der Waals surface area contributed by atoms with Gasteiger partial charge < -0.3 is 4.74 Å². The van der Waals surface area contributed by atoms with Crippen molar-refractivity contribution < 1.29 is 14.5 Å². The van der Waals surface area contributed by atoms with E-state index in [0.717, 1.165) is 0 Å². The summed E-state index contributed by atoms with van der Waals surface area (Å²) in [5, 5.41) is 10.9.